The highest BCUT2D eigenvalue weighted by atomic mass is 19.1. The maximum absolute atomic E-state index is 13.5. The van der Waals surface area contributed by atoms with E-state index in [4.69, 9.17) is 15.7 Å². The van der Waals surface area contributed by atoms with Crippen LogP contribution in [0.3, 0.4) is 0 Å². The van der Waals surface area contributed by atoms with E-state index >= 15 is 0 Å². The molecular weight excluding hydrogens is 261 g/mol. The largest absolute Gasteiger partial charge is 0.409 e. The number of halogens is 1. The molecule has 5 nitrogen and oxygen atoms in total. The summed E-state index contributed by atoms with van der Waals surface area (Å²) in [6.45, 7) is 3.21. The summed E-state index contributed by atoms with van der Waals surface area (Å²) in [6.07, 6.45) is 2.02. The third-order valence-electron chi connectivity index (χ3n) is 2.96. The first kappa shape index (κ1) is 16.4. The lowest BCUT2D eigenvalue weighted by Crippen LogP contribution is -2.32. The van der Waals surface area contributed by atoms with Crippen LogP contribution in [0.25, 0.3) is 0 Å². The van der Waals surface area contributed by atoms with E-state index in [1.807, 2.05) is 0 Å². The van der Waals surface area contributed by atoms with Crippen molar-refractivity contribution in [2.45, 2.75) is 32.4 Å². The van der Waals surface area contributed by atoms with E-state index in [0.29, 0.717) is 18.7 Å². The van der Waals surface area contributed by atoms with E-state index in [-0.39, 0.29) is 11.9 Å². The third kappa shape index (κ3) is 5.14. The van der Waals surface area contributed by atoms with Crippen molar-refractivity contribution < 1.29 is 14.3 Å². The molecule has 0 radical (unpaired) electrons. The molecule has 20 heavy (non-hydrogen) atoms. The van der Waals surface area contributed by atoms with Gasteiger partial charge in [0.25, 0.3) is 0 Å². The average molecular weight is 283 g/mol. The number of ether oxygens (including phenoxy) is 1. The standard InChI is InChI=1S/C14H22FN3O2/c1-3-4-13(9-20-2)17-8-10-5-11(14(16)18-19)7-12(15)6-10/h5-7,13,17,19H,3-4,8-9H2,1-2H3,(H2,16,18). The Labute approximate surface area is 118 Å². The van der Waals surface area contributed by atoms with Crippen LogP contribution in [0.15, 0.2) is 23.4 Å². The Morgan fingerprint density at radius 2 is 2.25 bits per heavy atom. The minimum atomic E-state index is -0.412. The molecule has 1 atom stereocenters. The summed E-state index contributed by atoms with van der Waals surface area (Å²) >= 11 is 0. The summed E-state index contributed by atoms with van der Waals surface area (Å²) < 4.78 is 18.6. The highest BCUT2D eigenvalue weighted by Crippen LogP contribution is 2.10. The summed E-state index contributed by atoms with van der Waals surface area (Å²) in [5.74, 6) is -0.516. The number of benzene rings is 1. The molecule has 6 heteroatoms. The molecule has 1 aromatic rings. The van der Waals surface area contributed by atoms with Crippen LogP contribution in [-0.2, 0) is 11.3 Å². The Morgan fingerprint density at radius 3 is 2.85 bits per heavy atom. The van der Waals surface area contributed by atoms with Crippen LogP contribution >= 0.6 is 0 Å². The van der Waals surface area contributed by atoms with Crippen molar-refractivity contribution in [2.24, 2.45) is 10.9 Å². The number of hydrogen-bond donors (Lipinski definition) is 3. The second-order valence-corrected chi connectivity index (χ2v) is 4.66. The molecule has 0 aliphatic heterocycles. The predicted molar refractivity (Wildman–Crippen MR) is 76.3 cm³/mol. The lowest BCUT2D eigenvalue weighted by atomic mass is 10.1. The number of amidine groups is 1. The molecule has 0 amide bonds. The number of rotatable bonds is 8. The molecule has 0 saturated heterocycles. The summed E-state index contributed by atoms with van der Waals surface area (Å²) in [6, 6.07) is 4.58. The highest BCUT2D eigenvalue weighted by molar-refractivity contribution is 5.97. The second kappa shape index (κ2) is 8.50. The fourth-order valence-electron chi connectivity index (χ4n) is 2.01. The van der Waals surface area contributed by atoms with Gasteiger partial charge in [0, 0.05) is 25.3 Å². The van der Waals surface area contributed by atoms with Crippen molar-refractivity contribution in [3.05, 3.63) is 35.1 Å². The van der Waals surface area contributed by atoms with Gasteiger partial charge in [-0.2, -0.15) is 0 Å². The molecule has 0 bridgehead atoms. The average Bonchev–Trinajstić information content (AvgIpc) is 2.44. The number of oxime groups is 1. The van der Waals surface area contributed by atoms with Crippen LogP contribution in [0.1, 0.15) is 30.9 Å². The van der Waals surface area contributed by atoms with Gasteiger partial charge in [0.05, 0.1) is 6.61 Å². The Balaban J connectivity index is 2.74. The van der Waals surface area contributed by atoms with E-state index < -0.39 is 5.82 Å². The van der Waals surface area contributed by atoms with Crippen molar-refractivity contribution in [1.82, 2.24) is 5.32 Å². The van der Waals surface area contributed by atoms with Gasteiger partial charge in [-0.05, 0) is 30.2 Å². The predicted octanol–water partition coefficient (Wildman–Crippen LogP) is 1.82. The monoisotopic (exact) mass is 283 g/mol. The van der Waals surface area contributed by atoms with Gasteiger partial charge in [-0.1, -0.05) is 18.5 Å². The topological polar surface area (TPSA) is 79.9 Å². The number of nitrogens with two attached hydrogens (primary N) is 1. The number of nitrogens with zero attached hydrogens (tertiary/aromatic N) is 1. The second-order valence-electron chi connectivity index (χ2n) is 4.66. The first-order valence-corrected chi connectivity index (χ1v) is 6.60. The molecule has 0 aliphatic carbocycles. The highest BCUT2D eigenvalue weighted by Gasteiger charge is 2.09. The Bertz CT molecular complexity index is 446. The van der Waals surface area contributed by atoms with Crippen molar-refractivity contribution in [2.75, 3.05) is 13.7 Å². The fraction of sp³-hybridized carbons (Fsp3) is 0.500. The summed E-state index contributed by atoms with van der Waals surface area (Å²) in [7, 11) is 1.66. The molecule has 0 aromatic heterocycles. The Hall–Kier alpha value is -1.66. The zero-order valence-electron chi connectivity index (χ0n) is 11.9. The van der Waals surface area contributed by atoms with E-state index in [1.165, 1.54) is 12.1 Å². The molecule has 0 heterocycles. The molecule has 0 spiro atoms. The minimum Gasteiger partial charge on any atom is -0.409 e. The van der Waals surface area contributed by atoms with Gasteiger partial charge in [-0.25, -0.2) is 4.39 Å². The molecule has 0 saturated carbocycles. The van der Waals surface area contributed by atoms with Crippen molar-refractivity contribution in [1.29, 1.82) is 0 Å². The summed E-state index contributed by atoms with van der Waals surface area (Å²) in [5.41, 5.74) is 6.58. The first-order valence-electron chi connectivity index (χ1n) is 6.60. The number of nitrogens with one attached hydrogen (secondary N) is 1. The van der Waals surface area contributed by atoms with Crippen molar-refractivity contribution in [3.63, 3.8) is 0 Å². The molecule has 4 N–H and O–H groups in total. The molecule has 112 valence electrons. The van der Waals surface area contributed by atoms with E-state index in [0.717, 1.165) is 18.4 Å². The SMILES string of the molecule is CCCC(COC)NCc1cc(F)cc(/C(N)=N/O)c1. The van der Waals surface area contributed by atoms with Gasteiger partial charge in [0.2, 0.25) is 0 Å². The van der Waals surface area contributed by atoms with E-state index in [1.54, 1.807) is 13.2 Å². The molecule has 0 fully saturated rings. The summed E-state index contributed by atoms with van der Waals surface area (Å²) in [5, 5.41) is 14.8. The van der Waals surface area contributed by atoms with Crippen molar-refractivity contribution >= 4 is 5.84 Å². The summed E-state index contributed by atoms with van der Waals surface area (Å²) in [4.78, 5) is 0. The molecular formula is C14H22FN3O2. The van der Waals surface area contributed by atoms with Crippen LogP contribution in [0, 0.1) is 5.82 Å². The first-order chi connectivity index (χ1) is 9.60. The Kier molecular flexibility index (Phi) is 6.97. The van der Waals surface area contributed by atoms with Crippen LogP contribution in [0.4, 0.5) is 4.39 Å². The lowest BCUT2D eigenvalue weighted by Gasteiger charge is -2.17. The fourth-order valence-corrected chi connectivity index (χ4v) is 2.01. The molecule has 1 unspecified atom stereocenters. The molecule has 0 aliphatic rings. The van der Waals surface area contributed by atoms with E-state index in [2.05, 4.69) is 17.4 Å². The van der Waals surface area contributed by atoms with Crippen LogP contribution in [-0.4, -0.2) is 30.8 Å². The van der Waals surface area contributed by atoms with Crippen LogP contribution in [0.5, 0.6) is 0 Å². The van der Waals surface area contributed by atoms with Gasteiger partial charge in [-0.15, -0.1) is 0 Å². The molecule has 1 rings (SSSR count). The van der Waals surface area contributed by atoms with Crippen LogP contribution in [0.2, 0.25) is 0 Å². The Morgan fingerprint density at radius 1 is 1.50 bits per heavy atom. The van der Waals surface area contributed by atoms with E-state index in [9.17, 15) is 4.39 Å². The minimum absolute atomic E-state index is 0.104. The zero-order valence-corrected chi connectivity index (χ0v) is 11.9. The quantitative estimate of drug-likeness (QED) is 0.294. The van der Waals surface area contributed by atoms with Gasteiger partial charge in [0.15, 0.2) is 5.84 Å². The van der Waals surface area contributed by atoms with Gasteiger partial charge < -0.3 is 21.0 Å². The zero-order chi connectivity index (χ0) is 15.0. The van der Waals surface area contributed by atoms with Crippen LogP contribution < -0.4 is 11.1 Å². The lowest BCUT2D eigenvalue weighted by molar-refractivity contribution is 0.161. The van der Waals surface area contributed by atoms with Gasteiger partial charge in [-0.3, -0.25) is 0 Å². The molecule has 1 aromatic carbocycles. The number of hydrogen-bond acceptors (Lipinski definition) is 4. The smallest absolute Gasteiger partial charge is 0.170 e. The maximum atomic E-state index is 13.5. The third-order valence-corrected chi connectivity index (χ3v) is 2.96. The van der Waals surface area contributed by atoms with Gasteiger partial charge >= 0.3 is 0 Å². The van der Waals surface area contributed by atoms with Gasteiger partial charge in [0.1, 0.15) is 5.82 Å². The normalized spacial score (nSPS) is 13.4. The number of methoxy groups -OCH3 is 1. The maximum Gasteiger partial charge on any atom is 0.170 e. The van der Waals surface area contributed by atoms with Crippen molar-refractivity contribution in [3.8, 4) is 0 Å².